The van der Waals surface area contributed by atoms with Crippen LogP contribution in [0.2, 0.25) is 0 Å². The zero-order chi connectivity index (χ0) is 19.9. The molecule has 5 heteroatoms. The van der Waals surface area contributed by atoms with E-state index in [4.69, 9.17) is 0 Å². The van der Waals surface area contributed by atoms with Crippen LogP contribution < -0.4 is 5.32 Å². The van der Waals surface area contributed by atoms with Crippen LogP contribution in [0.4, 0.5) is 0 Å². The van der Waals surface area contributed by atoms with Crippen LogP contribution in [0.1, 0.15) is 46.1 Å². The second-order valence-corrected chi connectivity index (χ2v) is 8.56. The molecule has 1 saturated heterocycles. The molecule has 1 N–H and O–H groups in total. The number of likely N-dealkylation sites (tertiary alicyclic amines) is 1. The van der Waals surface area contributed by atoms with Gasteiger partial charge in [0, 0.05) is 44.6 Å². The highest BCUT2D eigenvalue weighted by molar-refractivity contribution is 5.82. The molecule has 1 unspecified atom stereocenters. The normalized spacial score (nSPS) is 17.7. The lowest BCUT2D eigenvalue weighted by molar-refractivity contribution is -0.132. The number of amides is 2. The molecule has 0 saturated carbocycles. The number of rotatable bonds is 8. The minimum atomic E-state index is -0.417. The highest BCUT2D eigenvalue weighted by Gasteiger charge is 2.26. The predicted octanol–water partition coefficient (Wildman–Crippen LogP) is 2.91. The zero-order valence-corrected chi connectivity index (χ0v) is 17.3. The first kappa shape index (κ1) is 21.4. The molecule has 1 aromatic carbocycles. The quantitative estimate of drug-likeness (QED) is 0.762. The number of nitrogens with one attached hydrogen (secondary N) is 1. The van der Waals surface area contributed by atoms with E-state index in [2.05, 4.69) is 34.5 Å². The molecule has 1 aromatic rings. The van der Waals surface area contributed by atoms with Crippen molar-refractivity contribution in [3.63, 3.8) is 0 Å². The summed E-state index contributed by atoms with van der Waals surface area (Å²) in [5.74, 6) is 0.653. The maximum absolute atomic E-state index is 12.5. The first-order valence-electron chi connectivity index (χ1n) is 10.1. The highest BCUT2D eigenvalue weighted by atomic mass is 16.2. The van der Waals surface area contributed by atoms with Crippen molar-refractivity contribution in [2.45, 2.75) is 47.1 Å². The van der Waals surface area contributed by atoms with Gasteiger partial charge in [0.15, 0.2) is 0 Å². The predicted molar refractivity (Wildman–Crippen MR) is 109 cm³/mol. The van der Waals surface area contributed by atoms with E-state index in [1.54, 1.807) is 0 Å². The monoisotopic (exact) mass is 373 g/mol. The van der Waals surface area contributed by atoms with Crippen LogP contribution >= 0.6 is 0 Å². The van der Waals surface area contributed by atoms with E-state index in [1.807, 2.05) is 38.7 Å². The summed E-state index contributed by atoms with van der Waals surface area (Å²) in [4.78, 5) is 28.9. The van der Waals surface area contributed by atoms with Gasteiger partial charge in [-0.25, -0.2) is 0 Å². The average Bonchev–Trinajstić information content (AvgIpc) is 3.06. The number of carbonyl (C=O) groups excluding carboxylic acids is 2. The Hall–Kier alpha value is -1.88. The summed E-state index contributed by atoms with van der Waals surface area (Å²) in [6.45, 7) is 12.7. The van der Waals surface area contributed by atoms with E-state index in [1.165, 1.54) is 5.56 Å². The molecule has 1 fully saturated rings. The summed E-state index contributed by atoms with van der Waals surface area (Å²) in [6, 6.07) is 10.5. The summed E-state index contributed by atoms with van der Waals surface area (Å²) in [5.41, 5.74) is 0.927. The molecular weight excluding hydrogens is 338 g/mol. The van der Waals surface area contributed by atoms with Crippen molar-refractivity contribution < 1.29 is 9.59 Å². The van der Waals surface area contributed by atoms with Crippen LogP contribution in [-0.2, 0) is 16.1 Å². The summed E-state index contributed by atoms with van der Waals surface area (Å²) in [5, 5.41) is 2.87. The van der Waals surface area contributed by atoms with Crippen LogP contribution in [0.15, 0.2) is 30.3 Å². The standard InChI is InChI=1S/C22H35N3O2/c1-5-25(20(26)11-13-23-21(27)22(2,3)4)17-19-12-14-24(16-19)15-18-9-7-6-8-10-18/h6-10,19H,5,11-17H2,1-4H3,(H,23,27). The molecule has 27 heavy (non-hydrogen) atoms. The molecule has 0 bridgehead atoms. The van der Waals surface area contributed by atoms with E-state index >= 15 is 0 Å². The maximum atomic E-state index is 12.5. The molecule has 1 heterocycles. The van der Waals surface area contributed by atoms with Crippen LogP contribution in [0.3, 0.4) is 0 Å². The third-order valence-corrected chi connectivity index (χ3v) is 5.14. The van der Waals surface area contributed by atoms with Gasteiger partial charge in [0.2, 0.25) is 11.8 Å². The summed E-state index contributed by atoms with van der Waals surface area (Å²) in [6.07, 6.45) is 1.51. The molecule has 5 nitrogen and oxygen atoms in total. The van der Waals surface area contributed by atoms with E-state index in [-0.39, 0.29) is 11.8 Å². The summed E-state index contributed by atoms with van der Waals surface area (Å²) < 4.78 is 0. The molecule has 0 aromatic heterocycles. The van der Waals surface area contributed by atoms with Gasteiger partial charge in [-0.05, 0) is 31.4 Å². The minimum absolute atomic E-state index is 0.00862. The van der Waals surface area contributed by atoms with Crippen molar-refractivity contribution in [2.24, 2.45) is 11.3 Å². The second kappa shape index (κ2) is 9.88. The Labute approximate surface area is 164 Å². The Balaban J connectivity index is 1.74. The van der Waals surface area contributed by atoms with Crippen molar-refractivity contribution in [1.29, 1.82) is 0 Å². The number of benzene rings is 1. The van der Waals surface area contributed by atoms with Gasteiger partial charge in [-0.3, -0.25) is 14.5 Å². The van der Waals surface area contributed by atoms with Gasteiger partial charge < -0.3 is 10.2 Å². The van der Waals surface area contributed by atoms with Gasteiger partial charge in [-0.15, -0.1) is 0 Å². The van der Waals surface area contributed by atoms with Crippen molar-refractivity contribution in [2.75, 3.05) is 32.7 Å². The third kappa shape index (κ3) is 6.98. The minimum Gasteiger partial charge on any atom is -0.355 e. The fraction of sp³-hybridized carbons (Fsp3) is 0.636. The first-order chi connectivity index (χ1) is 12.8. The number of hydrogen-bond donors (Lipinski definition) is 1. The van der Waals surface area contributed by atoms with Gasteiger partial charge in [-0.2, -0.15) is 0 Å². The fourth-order valence-corrected chi connectivity index (χ4v) is 3.47. The van der Waals surface area contributed by atoms with Crippen molar-refractivity contribution >= 4 is 11.8 Å². The smallest absolute Gasteiger partial charge is 0.225 e. The lowest BCUT2D eigenvalue weighted by Crippen LogP contribution is -2.40. The molecule has 0 radical (unpaired) electrons. The maximum Gasteiger partial charge on any atom is 0.225 e. The van der Waals surface area contributed by atoms with Gasteiger partial charge >= 0.3 is 0 Å². The van der Waals surface area contributed by atoms with Gasteiger partial charge in [0.1, 0.15) is 0 Å². The van der Waals surface area contributed by atoms with Crippen molar-refractivity contribution in [3.05, 3.63) is 35.9 Å². The average molecular weight is 374 g/mol. The molecule has 2 amide bonds. The van der Waals surface area contributed by atoms with Gasteiger partial charge in [-0.1, -0.05) is 51.1 Å². The fourth-order valence-electron chi connectivity index (χ4n) is 3.47. The third-order valence-electron chi connectivity index (χ3n) is 5.14. The van der Waals surface area contributed by atoms with E-state index in [0.29, 0.717) is 18.9 Å². The second-order valence-electron chi connectivity index (χ2n) is 8.56. The molecule has 1 aliphatic heterocycles. The number of carbonyl (C=O) groups is 2. The molecule has 1 atom stereocenters. The molecule has 150 valence electrons. The van der Waals surface area contributed by atoms with E-state index < -0.39 is 5.41 Å². The van der Waals surface area contributed by atoms with Crippen molar-refractivity contribution in [3.8, 4) is 0 Å². The Morgan fingerprint density at radius 1 is 1.22 bits per heavy atom. The lowest BCUT2D eigenvalue weighted by atomic mass is 9.96. The zero-order valence-electron chi connectivity index (χ0n) is 17.3. The Morgan fingerprint density at radius 3 is 2.56 bits per heavy atom. The SMILES string of the molecule is CCN(CC1CCN(Cc2ccccc2)C1)C(=O)CCNC(=O)C(C)(C)C. The Bertz CT molecular complexity index is 610. The molecule has 1 aliphatic rings. The van der Waals surface area contributed by atoms with Crippen LogP contribution in [0, 0.1) is 11.3 Å². The topological polar surface area (TPSA) is 52.6 Å². The summed E-state index contributed by atoms with van der Waals surface area (Å²) in [7, 11) is 0. The largest absolute Gasteiger partial charge is 0.355 e. The molecule has 0 aliphatic carbocycles. The van der Waals surface area contributed by atoms with E-state index in [0.717, 1.165) is 39.1 Å². The van der Waals surface area contributed by atoms with Gasteiger partial charge in [0.05, 0.1) is 0 Å². The molecule has 0 spiro atoms. The van der Waals surface area contributed by atoms with Gasteiger partial charge in [0.25, 0.3) is 0 Å². The van der Waals surface area contributed by atoms with Crippen LogP contribution in [-0.4, -0.2) is 54.3 Å². The lowest BCUT2D eigenvalue weighted by Gasteiger charge is -2.25. The molecular formula is C22H35N3O2. The molecule has 2 rings (SSSR count). The summed E-state index contributed by atoms with van der Waals surface area (Å²) >= 11 is 0. The Kier molecular flexibility index (Phi) is 7.84. The first-order valence-corrected chi connectivity index (χ1v) is 10.1. The van der Waals surface area contributed by atoms with Crippen LogP contribution in [0.5, 0.6) is 0 Å². The van der Waals surface area contributed by atoms with E-state index in [9.17, 15) is 9.59 Å². The van der Waals surface area contributed by atoms with Crippen LogP contribution in [0.25, 0.3) is 0 Å². The number of nitrogens with zero attached hydrogens (tertiary/aromatic N) is 2. The number of hydrogen-bond acceptors (Lipinski definition) is 3. The van der Waals surface area contributed by atoms with Crippen molar-refractivity contribution in [1.82, 2.24) is 15.1 Å². The highest BCUT2D eigenvalue weighted by Crippen LogP contribution is 2.20. The Morgan fingerprint density at radius 2 is 1.93 bits per heavy atom.